The van der Waals surface area contributed by atoms with Gasteiger partial charge in [-0.1, -0.05) is 13.8 Å². The van der Waals surface area contributed by atoms with Crippen LogP contribution in [-0.4, -0.2) is 14.5 Å². The number of nitrogens with one attached hydrogen (secondary N) is 1. The zero-order valence-corrected chi connectivity index (χ0v) is 12.9. The zero-order chi connectivity index (χ0) is 15.8. The number of halogens is 2. The number of hydrogen-bond donors (Lipinski definition) is 2. The Morgan fingerprint density at radius 2 is 1.57 bits per heavy atom. The molecule has 1 aliphatic carbocycles. The molecule has 0 amide bonds. The van der Waals surface area contributed by atoms with Crippen LogP contribution in [0.25, 0.3) is 0 Å². The Bertz CT molecular complexity index is 601. The molecule has 0 aromatic heterocycles. The van der Waals surface area contributed by atoms with E-state index in [1.54, 1.807) is 0 Å². The molecule has 4 nitrogen and oxygen atoms in total. The molecule has 0 heterocycles. The zero-order valence-electron chi connectivity index (χ0n) is 12.1. The van der Waals surface area contributed by atoms with E-state index in [9.17, 15) is 17.2 Å². The van der Waals surface area contributed by atoms with E-state index in [0.29, 0.717) is 24.7 Å². The molecule has 0 spiro atoms. The Morgan fingerprint density at radius 1 is 1.10 bits per heavy atom. The first-order valence-electron chi connectivity index (χ1n) is 6.96. The second kappa shape index (κ2) is 5.88. The normalized spacial score (nSPS) is 26.8. The second-order valence-electron chi connectivity index (χ2n) is 6.05. The highest BCUT2D eigenvalue weighted by atomic mass is 32.2. The SMILES string of the molecule is CC1CC(C)CC(NS(=O)(=O)c2c(F)cc(N)cc2F)C1. The first kappa shape index (κ1) is 16.2. The minimum Gasteiger partial charge on any atom is -0.399 e. The first-order valence-corrected chi connectivity index (χ1v) is 8.44. The molecule has 2 rings (SSSR count). The third-order valence-electron chi connectivity index (χ3n) is 3.79. The van der Waals surface area contributed by atoms with Gasteiger partial charge in [-0.05, 0) is 43.2 Å². The summed E-state index contributed by atoms with van der Waals surface area (Å²) in [5, 5.41) is 0. The summed E-state index contributed by atoms with van der Waals surface area (Å²) in [7, 11) is -4.24. The van der Waals surface area contributed by atoms with Crippen molar-refractivity contribution >= 4 is 15.7 Å². The van der Waals surface area contributed by atoms with Crippen LogP contribution in [0.1, 0.15) is 33.1 Å². The highest BCUT2D eigenvalue weighted by Gasteiger charge is 2.31. The Kier molecular flexibility index (Phi) is 4.53. The molecule has 2 unspecified atom stereocenters. The van der Waals surface area contributed by atoms with Gasteiger partial charge in [-0.15, -0.1) is 0 Å². The van der Waals surface area contributed by atoms with Gasteiger partial charge < -0.3 is 5.73 Å². The van der Waals surface area contributed by atoms with Crippen molar-refractivity contribution < 1.29 is 17.2 Å². The van der Waals surface area contributed by atoms with Crippen molar-refractivity contribution in [3.05, 3.63) is 23.8 Å². The summed E-state index contributed by atoms with van der Waals surface area (Å²) < 4.78 is 54.4. The number of anilines is 1. The summed E-state index contributed by atoms with van der Waals surface area (Å²) >= 11 is 0. The molecule has 7 heteroatoms. The molecular weight excluding hydrogens is 298 g/mol. The molecule has 1 fully saturated rings. The van der Waals surface area contributed by atoms with E-state index >= 15 is 0 Å². The van der Waals surface area contributed by atoms with E-state index in [4.69, 9.17) is 5.73 Å². The molecule has 0 bridgehead atoms. The van der Waals surface area contributed by atoms with Gasteiger partial charge in [0.05, 0.1) is 0 Å². The quantitative estimate of drug-likeness (QED) is 0.842. The largest absolute Gasteiger partial charge is 0.399 e. The number of nitrogen functional groups attached to an aromatic ring is 1. The van der Waals surface area contributed by atoms with Crippen LogP contribution in [0.5, 0.6) is 0 Å². The lowest BCUT2D eigenvalue weighted by molar-refractivity contribution is 0.257. The van der Waals surface area contributed by atoms with Crippen molar-refractivity contribution in [2.75, 3.05) is 5.73 Å². The highest BCUT2D eigenvalue weighted by Crippen LogP contribution is 2.30. The van der Waals surface area contributed by atoms with Crippen LogP contribution in [0.4, 0.5) is 14.5 Å². The molecule has 1 saturated carbocycles. The molecule has 1 aromatic carbocycles. The predicted octanol–water partition coefficient (Wildman–Crippen LogP) is 2.65. The van der Waals surface area contributed by atoms with E-state index in [1.165, 1.54) is 0 Å². The maximum absolute atomic E-state index is 13.8. The minimum atomic E-state index is -4.24. The van der Waals surface area contributed by atoms with Crippen molar-refractivity contribution in [3.63, 3.8) is 0 Å². The number of nitrogens with two attached hydrogens (primary N) is 1. The molecule has 0 saturated heterocycles. The van der Waals surface area contributed by atoms with E-state index in [-0.39, 0.29) is 11.7 Å². The maximum atomic E-state index is 13.8. The average molecular weight is 318 g/mol. The average Bonchev–Trinajstić information content (AvgIpc) is 2.23. The predicted molar refractivity (Wildman–Crippen MR) is 77.1 cm³/mol. The second-order valence-corrected chi connectivity index (χ2v) is 7.70. The molecule has 0 aliphatic heterocycles. The Labute approximate surface area is 123 Å². The van der Waals surface area contributed by atoms with Crippen LogP contribution in [0.2, 0.25) is 0 Å². The summed E-state index contributed by atoms with van der Waals surface area (Å²) in [4.78, 5) is -0.956. The molecular formula is C14H20F2N2O2S. The summed E-state index contributed by atoms with van der Waals surface area (Å²) in [5.74, 6) is -1.58. The highest BCUT2D eigenvalue weighted by molar-refractivity contribution is 7.89. The number of sulfonamides is 1. The van der Waals surface area contributed by atoms with E-state index in [0.717, 1.165) is 18.6 Å². The van der Waals surface area contributed by atoms with Crippen molar-refractivity contribution in [2.24, 2.45) is 11.8 Å². The number of hydrogen-bond acceptors (Lipinski definition) is 3. The van der Waals surface area contributed by atoms with Gasteiger partial charge in [-0.2, -0.15) is 0 Å². The van der Waals surface area contributed by atoms with Crippen molar-refractivity contribution in [3.8, 4) is 0 Å². The van der Waals surface area contributed by atoms with Gasteiger partial charge in [0.15, 0.2) is 4.90 Å². The Hall–Kier alpha value is -1.21. The fraction of sp³-hybridized carbons (Fsp3) is 0.571. The summed E-state index contributed by atoms with van der Waals surface area (Å²) in [6.45, 7) is 4.09. The fourth-order valence-corrected chi connectivity index (χ4v) is 4.54. The van der Waals surface area contributed by atoms with Crippen LogP contribution in [0.3, 0.4) is 0 Å². The fourth-order valence-electron chi connectivity index (χ4n) is 3.16. The molecule has 3 N–H and O–H groups in total. The van der Waals surface area contributed by atoms with Gasteiger partial charge in [0, 0.05) is 11.7 Å². The van der Waals surface area contributed by atoms with Crippen molar-refractivity contribution in [2.45, 2.75) is 44.0 Å². The number of benzene rings is 1. The molecule has 2 atom stereocenters. The summed E-state index contributed by atoms with van der Waals surface area (Å²) in [5.41, 5.74) is 5.15. The smallest absolute Gasteiger partial charge is 0.246 e. The molecule has 0 radical (unpaired) electrons. The van der Waals surface area contributed by atoms with Crippen molar-refractivity contribution in [1.82, 2.24) is 4.72 Å². The molecule has 21 heavy (non-hydrogen) atoms. The Morgan fingerprint density at radius 3 is 2.05 bits per heavy atom. The van der Waals surface area contributed by atoms with Crippen LogP contribution in [0.15, 0.2) is 17.0 Å². The maximum Gasteiger partial charge on any atom is 0.246 e. The third kappa shape index (κ3) is 3.71. The van der Waals surface area contributed by atoms with Gasteiger partial charge >= 0.3 is 0 Å². The lowest BCUT2D eigenvalue weighted by Crippen LogP contribution is -2.40. The topological polar surface area (TPSA) is 72.2 Å². The van der Waals surface area contributed by atoms with Gasteiger partial charge in [0.2, 0.25) is 10.0 Å². The van der Waals surface area contributed by atoms with E-state index < -0.39 is 26.6 Å². The lowest BCUT2D eigenvalue weighted by atomic mass is 9.81. The minimum absolute atomic E-state index is 0.149. The summed E-state index contributed by atoms with van der Waals surface area (Å²) in [6.07, 6.45) is 2.37. The van der Waals surface area contributed by atoms with Crippen LogP contribution in [0, 0.1) is 23.5 Å². The van der Waals surface area contributed by atoms with Crippen LogP contribution >= 0.6 is 0 Å². The van der Waals surface area contributed by atoms with Gasteiger partial charge in [0.25, 0.3) is 0 Å². The van der Waals surface area contributed by atoms with Gasteiger partial charge in [0.1, 0.15) is 11.6 Å². The monoisotopic (exact) mass is 318 g/mol. The van der Waals surface area contributed by atoms with Gasteiger partial charge in [-0.3, -0.25) is 0 Å². The van der Waals surface area contributed by atoms with Crippen molar-refractivity contribution in [1.29, 1.82) is 0 Å². The Balaban J connectivity index is 2.27. The summed E-state index contributed by atoms with van der Waals surface area (Å²) in [6, 6.07) is 1.32. The molecule has 118 valence electrons. The standard InChI is InChI=1S/C14H20F2N2O2S/c1-8-3-9(2)5-11(4-8)18-21(19,20)14-12(15)6-10(17)7-13(14)16/h6-9,11,18H,3-5,17H2,1-2H3. The van der Waals surface area contributed by atoms with E-state index in [2.05, 4.69) is 4.72 Å². The molecule has 1 aliphatic rings. The van der Waals surface area contributed by atoms with Crippen LogP contribution < -0.4 is 10.5 Å². The van der Waals surface area contributed by atoms with E-state index in [1.807, 2.05) is 13.8 Å². The van der Waals surface area contributed by atoms with Crippen LogP contribution in [-0.2, 0) is 10.0 Å². The first-order chi connectivity index (χ1) is 9.69. The lowest BCUT2D eigenvalue weighted by Gasteiger charge is -2.31. The van der Waals surface area contributed by atoms with Gasteiger partial charge in [-0.25, -0.2) is 21.9 Å². The molecule has 1 aromatic rings. The number of rotatable bonds is 3. The third-order valence-corrected chi connectivity index (χ3v) is 5.36.